The van der Waals surface area contributed by atoms with E-state index in [4.69, 9.17) is 0 Å². The minimum Gasteiger partial charge on any atom is -0.355 e. The summed E-state index contributed by atoms with van der Waals surface area (Å²) in [5.74, 6) is 0.268. The summed E-state index contributed by atoms with van der Waals surface area (Å²) in [6, 6.07) is 13.8. The molecule has 0 spiro atoms. The molecule has 5 nitrogen and oxygen atoms in total. The summed E-state index contributed by atoms with van der Waals surface area (Å²) < 4.78 is 12.9. The highest BCUT2D eigenvalue weighted by Gasteiger charge is 2.04. The fourth-order valence-electron chi connectivity index (χ4n) is 2.25. The second-order valence-corrected chi connectivity index (χ2v) is 5.60. The van der Waals surface area contributed by atoms with Gasteiger partial charge in [-0.2, -0.15) is 0 Å². The lowest BCUT2D eigenvalue weighted by molar-refractivity contribution is 0.0954. The third kappa shape index (κ3) is 6.25. The number of hydrogen-bond acceptors (Lipinski definition) is 2. The molecule has 0 unspecified atom stereocenters. The van der Waals surface area contributed by atoms with Gasteiger partial charge in [0, 0.05) is 32.2 Å². The molecule has 1 amide bonds. The zero-order chi connectivity index (χ0) is 18.1. The highest BCUT2D eigenvalue weighted by Crippen LogP contribution is 2.03. The lowest BCUT2D eigenvalue weighted by atomic mass is 10.1. The molecule has 132 valence electrons. The lowest BCUT2D eigenvalue weighted by Crippen LogP contribution is -2.41. The lowest BCUT2D eigenvalue weighted by Gasteiger charge is -2.12. The smallest absolute Gasteiger partial charge is 0.251 e. The van der Waals surface area contributed by atoms with Gasteiger partial charge in [0.1, 0.15) is 5.82 Å². The zero-order valence-electron chi connectivity index (χ0n) is 14.5. The van der Waals surface area contributed by atoms with Crippen LogP contribution in [0.3, 0.4) is 0 Å². The molecule has 0 bridgehead atoms. The van der Waals surface area contributed by atoms with E-state index in [-0.39, 0.29) is 11.7 Å². The maximum absolute atomic E-state index is 12.9. The zero-order valence-corrected chi connectivity index (χ0v) is 14.5. The first-order valence-corrected chi connectivity index (χ1v) is 8.12. The van der Waals surface area contributed by atoms with E-state index in [9.17, 15) is 9.18 Å². The van der Waals surface area contributed by atoms with E-state index in [1.807, 2.05) is 25.1 Å². The number of aliphatic imine (C=N–C) groups is 1. The van der Waals surface area contributed by atoms with E-state index in [0.717, 1.165) is 11.1 Å². The van der Waals surface area contributed by atoms with E-state index < -0.39 is 0 Å². The van der Waals surface area contributed by atoms with Crippen LogP contribution in [0.25, 0.3) is 0 Å². The first-order valence-electron chi connectivity index (χ1n) is 8.12. The van der Waals surface area contributed by atoms with Gasteiger partial charge in [0.15, 0.2) is 5.96 Å². The molecule has 2 aromatic carbocycles. The Bertz CT molecular complexity index is 728. The molecule has 0 saturated carbocycles. The molecule has 0 heterocycles. The number of rotatable bonds is 6. The van der Waals surface area contributed by atoms with Gasteiger partial charge in [-0.05, 0) is 36.8 Å². The quantitative estimate of drug-likeness (QED) is 0.428. The van der Waals surface area contributed by atoms with Crippen LogP contribution in [-0.2, 0) is 6.54 Å². The van der Waals surface area contributed by atoms with Crippen molar-refractivity contribution in [1.82, 2.24) is 16.0 Å². The number of hydrogen-bond donors (Lipinski definition) is 3. The molecule has 0 saturated heterocycles. The van der Waals surface area contributed by atoms with Gasteiger partial charge in [-0.1, -0.05) is 29.8 Å². The monoisotopic (exact) mass is 342 g/mol. The molecule has 0 aromatic heterocycles. The van der Waals surface area contributed by atoms with Gasteiger partial charge in [0.25, 0.3) is 5.91 Å². The minimum absolute atomic E-state index is 0.0974. The summed E-state index contributed by atoms with van der Waals surface area (Å²) in [7, 11) is 1.67. The van der Waals surface area contributed by atoms with Crippen molar-refractivity contribution in [3.63, 3.8) is 0 Å². The maximum Gasteiger partial charge on any atom is 0.251 e. The van der Waals surface area contributed by atoms with Crippen molar-refractivity contribution in [3.8, 4) is 0 Å². The molecular formula is C19H23FN4O. The van der Waals surface area contributed by atoms with Gasteiger partial charge >= 0.3 is 0 Å². The number of carbonyl (C=O) groups is 1. The van der Waals surface area contributed by atoms with Crippen molar-refractivity contribution in [2.75, 3.05) is 20.1 Å². The second kappa shape index (κ2) is 9.42. The molecular weight excluding hydrogens is 319 g/mol. The molecule has 25 heavy (non-hydrogen) atoms. The largest absolute Gasteiger partial charge is 0.355 e. The molecule has 0 aliphatic rings. The van der Waals surface area contributed by atoms with Crippen LogP contribution in [0.1, 0.15) is 21.5 Å². The summed E-state index contributed by atoms with van der Waals surface area (Å²) in [5, 5.41) is 9.12. The molecule has 3 N–H and O–H groups in total. The number of carbonyl (C=O) groups excluding carboxylic acids is 1. The van der Waals surface area contributed by atoms with Gasteiger partial charge in [0.2, 0.25) is 0 Å². The summed E-state index contributed by atoms with van der Waals surface area (Å²) in [6.07, 6.45) is 0. The average molecular weight is 342 g/mol. The predicted molar refractivity (Wildman–Crippen MR) is 98.1 cm³/mol. The molecule has 2 rings (SSSR count). The van der Waals surface area contributed by atoms with Crippen molar-refractivity contribution in [3.05, 3.63) is 71.0 Å². The Labute approximate surface area is 147 Å². The first-order chi connectivity index (χ1) is 12.1. The standard InChI is InChI=1S/C19H23FN4O/c1-14-4-3-5-16(12-14)18(25)22-10-11-23-19(21-2)24-13-15-6-8-17(20)9-7-15/h3-9,12H,10-11,13H2,1-2H3,(H,22,25)(H2,21,23,24). The number of guanidine groups is 1. The number of benzene rings is 2. The normalized spacial score (nSPS) is 11.1. The van der Waals surface area contributed by atoms with Crippen LogP contribution in [0.2, 0.25) is 0 Å². The molecule has 0 atom stereocenters. The second-order valence-electron chi connectivity index (χ2n) is 5.60. The third-order valence-corrected chi connectivity index (χ3v) is 3.58. The Balaban J connectivity index is 1.70. The molecule has 0 radical (unpaired) electrons. The Morgan fingerprint density at radius 3 is 2.44 bits per heavy atom. The van der Waals surface area contributed by atoms with Crippen molar-refractivity contribution in [1.29, 1.82) is 0 Å². The van der Waals surface area contributed by atoms with Crippen LogP contribution < -0.4 is 16.0 Å². The van der Waals surface area contributed by atoms with Crippen LogP contribution in [0.4, 0.5) is 4.39 Å². The van der Waals surface area contributed by atoms with E-state index in [0.29, 0.717) is 31.2 Å². The SMILES string of the molecule is CN=C(NCCNC(=O)c1cccc(C)c1)NCc1ccc(F)cc1. The van der Waals surface area contributed by atoms with Crippen molar-refractivity contribution < 1.29 is 9.18 Å². The molecule has 6 heteroatoms. The van der Waals surface area contributed by atoms with Crippen LogP contribution in [0, 0.1) is 12.7 Å². The molecule has 0 aliphatic carbocycles. The Kier molecular flexibility index (Phi) is 6.95. The fraction of sp³-hybridized carbons (Fsp3) is 0.263. The molecule has 0 aliphatic heterocycles. The Hall–Kier alpha value is -2.89. The number of aryl methyl sites for hydroxylation is 1. The Morgan fingerprint density at radius 1 is 1.04 bits per heavy atom. The van der Waals surface area contributed by atoms with Crippen LogP contribution in [0.5, 0.6) is 0 Å². The van der Waals surface area contributed by atoms with Crippen molar-refractivity contribution >= 4 is 11.9 Å². The van der Waals surface area contributed by atoms with E-state index in [2.05, 4.69) is 20.9 Å². The van der Waals surface area contributed by atoms with Gasteiger partial charge < -0.3 is 16.0 Å². The number of nitrogens with zero attached hydrogens (tertiary/aromatic N) is 1. The Morgan fingerprint density at radius 2 is 1.76 bits per heavy atom. The highest BCUT2D eigenvalue weighted by atomic mass is 19.1. The van der Waals surface area contributed by atoms with Crippen molar-refractivity contribution in [2.24, 2.45) is 4.99 Å². The molecule has 0 fully saturated rings. The topological polar surface area (TPSA) is 65.5 Å². The average Bonchev–Trinajstić information content (AvgIpc) is 2.62. The molecule has 2 aromatic rings. The van der Waals surface area contributed by atoms with Gasteiger partial charge in [-0.15, -0.1) is 0 Å². The maximum atomic E-state index is 12.9. The van der Waals surface area contributed by atoms with E-state index >= 15 is 0 Å². The number of nitrogens with one attached hydrogen (secondary N) is 3. The summed E-state index contributed by atoms with van der Waals surface area (Å²) in [4.78, 5) is 16.1. The van der Waals surface area contributed by atoms with Crippen LogP contribution in [0.15, 0.2) is 53.5 Å². The fourth-order valence-corrected chi connectivity index (χ4v) is 2.25. The summed E-state index contributed by atoms with van der Waals surface area (Å²) in [6.45, 7) is 3.51. The van der Waals surface area contributed by atoms with Crippen molar-refractivity contribution in [2.45, 2.75) is 13.5 Å². The van der Waals surface area contributed by atoms with Gasteiger partial charge in [-0.25, -0.2) is 4.39 Å². The van der Waals surface area contributed by atoms with Gasteiger partial charge in [0.05, 0.1) is 0 Å². The number of amides is 1. The first kappa shape index (κ1) is 18.4. The predicted octanol–water partition coefficient (Wildman–Crippen LogP) is 2.23. The summed E-state index contributed by atoms with van der Waals surface area (Å²) in [5.41, 5.74) is 2.66. The van der Waals surface area contributed by atoms with Crippen LogP contribution >= 0.6 is 0 Å². The van der Waals surface area contributed by atoms with Gasteiger partial charge in [-0.3, -0.25) is 9.79 Å². The van der Waals surface area contributed by atoms with E-state index in [1.165, 1.54) is 12.1 Å². The highest BCUT2D eigenvalue weighted by molar-refractivity contribution is 5.94. The number of halogens is 1. The minimum atomic E-state index is -0.254. The van der Waals surface area contributed by atoms with E-state index in [1.54, 1.807) is 25.2 Å². The van der Waals surface area contributed by atoms with Crippen LogP contribution in [-0.4, -0.2) is 32.0 Å². The summed E-state index contributed by atoms with van der Waals surface area (Å²) >= 11 is 0. The third-order valence-electron chi connectivity index (χ3n) is 3.58.